The largest absolute Gasteiger partial charge is 0.506 e. The van der Waals surface area contributed by atoms with Gasteiger partial charge in [-0.3, -0.25) is 14.6 Å². The summed E-state index contributed by atoms with van der Waals surface area (Å²) in [6.07, 6.45) is 2.45. The molecule has 9 nitrogen and oxygen atoms in total. The Morgan fingerprint density at radius 2 is 2.00 bits per heavy atom. The van der Waals surface area contributed by atoms with Gasteiger partial charge in [0, 0.05) is 17.5 Å². The van der Waals surface area contributed by atoms with Crippen molar-refractivity contribution in [3.05, 3.63) is 56.8 Å². The number of carboxylic acids is 1. The van der Waals surface area contributed by atoms with Gasteiger partial charge in [0.25, 0.3) is 11.5 Å². The van der Waals surface area contributed by atoms with Crippen molar-refractivity contribution in [2.75, 3.05) is 0 Å². The van der Waals surface area contributed by atoms with Crippen LogP contribution in [0.4, 0.5) is 0 Å². The molecule has 0 aliphatic carbocycles. The van der Waals surface area contributed by atoms with Crippen molar-refractivity contribution in [3.63, 3.8) is 0 Å². The summed E-state index contributed by atoms with van der Waals surface area (Å²) in [5, 5.41) is 22.5. The molecule has 0 fully saturated rings. The third-order valence-electron chi connectivity index (χ3n) is 5.35. The molecule has 9 heteroatoms. The van der Waals surface area contributed by atoms with Crippen LogP contribution in [0.5, 0.6) is 5.75 Å². The minimum absolute atomic E-state index is 0.0520. The number of carboxylic acid groups (broad SMARTS) is 1. The first kappa shape index (κ1) is 22.5. The summed E-state index contributed by atoms with van der Waals surface area (Å²) in [6.45, 7) is 7.29. The Hall–Kier alpha value is -3.20. The number of fused-ring (bicyclic) bond motifs is 1. The van der Waals surface area contributed by atoms with Gasteiger partial charge in [0.1, 0.15) is 17.4 Å². The second kappa shape index (κ2) is 8.50. The molecule has 0 saturated carbocycles. The summed E-state index contributed by atoms with van der Waals surface area (Å²) >= 11 is 0. The molecule has 1 amide bonds. The summed E-state index contributed by atoms with van der Waals surface area (Å²) in [5.74, 6) is -2.64. The first-order valence-electron chi connectivity index (χ1n) is 10.1. The number of nitrogens with one attached hydrogen (secondary N) is 1. The third-order valence-corrected chi connectivity index (χ3v) is 5.35. The van der Waals surface area contributed by atoms with E-state index < -0.39 is 40.2 Å². The summed E-state index contributed by atoms with van der Waals surface area (Å²) in [7, 11) is 0. The van der Waals surface area contributed by atoms with Crippen LogP contribution in [0.15, 0.2) is 23.1 Å². The van der Waals surface area contributed by atoms with Crippen LogP contribution in [0, 0.1) is 5.41 Å². The number of rotatable bonds is 6. The predicted molar refractivity (Wildman–Crippen MR) is 112 cm³/mol. The number of carbonyl (C=O) groups excluding carboxylic acids is 1. The second-order valence-corrected chi connectivity index (χ2v) is 8.66. The molecule has 3 N–H and O–H groups in total. The van der Waals surface area contributed by atoms with Gasteiger partial charge < -0.3 is 24.8 Å². The van der Waals surface area contributed by atoms with E-state index in [0.717, 1.165) is 17.7 Å². The van der Waals surface area contributed by atoms with Gasteiger partial charge in [-0.05, 0) is 23.5 Å². The maximum atomic E-state index is 13.2. The van der Waals surface area contributed by atoms with Crippen molar-refractivity contribution in [1.29, 1.82) is 0 Å². The summed E-state index contributed by atoms with van der Waals surface area (Å²) < 4.78 is 6.79. The zero-order chi connectivity index (χ0) is 22.9. The molecule has 0 spiro atoms. The number of aryl methyl sites for hydroxylation is 1. The van der Waals surface area contributed by atoms with Gasteiger partial charge in [0.2, 0.25) is 0 Å². The number of ether oxygens (including phenoxy) is 1. The van der Waals surface area contributed by atoms with Gasteiger partial charge in [-0.25, -0.2) is 4.79 Å². The Morgan fingerprint density at radius 3 is 2.55 bits per heavy atom. The molecule has 3 heterocycles. The fourth-order valence-corrected chi connectivity index (χ4v) is 3.54. The number of carbonyl (C=O) groups is 2. The molecule has 2 aromatic rings. The maximum absolute atomic E-state index is 13.2. The summed E-state index contributed by atoms with van der Waals surface area (Å²) in [6, 6.07) is 2.47. The lowest BCUT2D eigenvalue weighted by Crippen LogP contribution is -2.50. The average molecular weight is 429 g/mol. The lowest BCUT2D eigenvalue weighted by molar-refractivity contribution is -0.142. The van der Waals surface area contributed by atoms with E-state index in [1.807, 2.05) is 19.1 Å². The molecule has 1 unspecified atom stereocenters. The van der Waals surface area contributed by atoms with E-state index in [1.165, 1.54) is 4.57 Å². The molecule has 166 valence electrons. The standard InChI is InChI=1S/C22H27N3O6/c1-5-13-7-6-12(8-23-13)9-25-15-11-31-10-14(15)17(26)16(20(25)28)19(27)24-18(21(29)30)22(2,3)4/h6-8,18,26H,5,9-11H2,1-4H3,(H,24,27)(H,29,30). The maximum Gasteiger partial charge on any atom is 0.326 e. The van der Waals surface area contributed by atoms with Crippen molar-refractivity contribution in [1.82, 2.24) is 14.9 Å². The van der Waals surface area contributed by atoms with Crippen molar-refractivity contribution < 1.29 is 24.5 Å². The molecule has 0 saturated heterocycles. The van der Waals surface area contributed by atoms with Crippen LogP contribution >= 0.6 is 0 Å². The molecule has 0 bridgehead atoms. The Bertz CT molecular complexity index is 1070. The molecule has 1 atom stereocenters. The van der Waals surface area contributed by atoms with Crippen molar-refractivity contribution in [3.8, 4) is 5.75 Å². The van der Waals surface area contributed by atoms with E-state index >= 15 is 0 Å². The Balaban J connectivity index is 2.05. The average Bonchev–Trinajstić information content (AvgIpc) is 3.19. The highest BCUT2D eigenvalue weighted by Crippen LogP contribution is 2.30. The van der Waals surface area contributed by atoms with E-state index in [9.17, 15) is 24.6 Å². The Kier molecular flexibility index (Phi) is 6.17. The van der Waals surface area contributed by atoms with E-state index in [-0.39, 0.29) is 19.8 Å². The minimum Gasteiger partial charge on any atom is -0.506 e. The smallest absolute Gasteiger partial charge is 0.326 e. The number of amides is 1. The fraction of sp³-hybridized carbons (Fsp3) is 0.455. The lowest BCUT2D eigenvalue weighted by Gasteiger charge is -2.28. The van der Waals surface area contributed by atoms with Crippen LogP contribution in [0.25, 0.3) is 0 Å². The highest BCUT2D eigenvalue weighted by atomic mass is 16.5. The number of hydrogen-bond donors (Lipinski definition) is 3. The first-order valence-corrected chi connectivity index (χ1v) is 10.1. The van der Waals surface area contributed by atoms with Gasteiger partial charge in [-0.1, -0.05) is 33.8 Å². The van der Waals surface area contributed by atoms with E-state index in [4.69, 9.17) is 4.74 Å². The number of nitrogens with zero attached hydrogens (tertiary/aromatic N) is 2. The molecule has 0 aromatic carbocycles. The van der Waals surface area contributed by atoms with Crippen molar-refractivity contribution in [2.24, 2.45) is 5.41 Å². The molecule has 31 heavy (non-hydrogen) atoms. The van der Waals surface area contributed by atoms with Crippen LogP contribution in [0.3, 0.4) is 0 Å². The van der Waals surface area contributed by atoms with Gasteiger partial charge in [-0.15, -0.1) is 0 Å². The monoisotopic (exact) mass is 429 g/mol. The van der Waals surface area contributed by atoms with Gasteiger partial charge in [-0.2, -0.15) is 0 Å². The Labute approximate surface area is 179 Å². The molecule has 2 aromatic heterocycles. The number of aromatic nitrogens is 2. The fourth-order valence-electron chi connectivity index (χ4n) is 3.54. The van der Waals surface area contributed by atoms with Gasteiger partial charge in [0.05, 0.1) is 25.5 Å². The zero-order valence-corrected chi connectivity index (χ0v) is 18.1. The molecular formula is C22H27N3O6. The molecular weight excluding hydrogens is 402 g/mol. The quantitative estimate of drug-likeness (QED) is 0.638. The minimum atomic E-state index is -1.25. The highest BCUT2D eigenvalue weighted by molar-refractivity contribution is 5.99. The SMILES string of the molecule is CCc1ccc(Cn2c3c(c(O)c(C(=O)NC(C(=O)O)C(C)(C)C)c2=O)COC3)cn1. The number of aromatic hydroxyl groups is 1. The summed E-state index contributed by atoms with van der Waals surface area (Å²) in [5.41, 5.74) is 0.508. The normalized spacial score (nSPS) is 14.2. The van der Waals surface area contributed by atoms with Gasteiger partial charge in [0.15, 0.2) is 0 Å². The van der Waals surface area contributed by atoms with Crippen LogP contribution in [-0.4, -0.2) is 37.7 Å². The van der Waals surface area contributed by atoms with Crippen molar-refractivity contribution >= 4 is 11.9 Å². The van der Waals surface area contributed by atoms with Gasteiger partial charge >= 0.3 is 5.97 Å². The third kappa shape index (κ3) is 4.46. The van der Waals surface area contributed by atoms with E-state index in [1.54, 1.807) is 27.0 Å². The number of aliphatic carboxylic acids is 1. The van der Waals surface area contributed by atoms with Crippen LogP contribution in [0.1, 0.15) is 60.6 Å². The second-order valence-electron chi connectivity index (χ2n) is 8.66. The lowest BCUT2D eigenvalue weighted by atomic mass is 9.86. The van der Waals surface area contributed by atoms with E-state index in [0.29, 0.717) is 11.3 Å². The van der Waals surface area contributed by atoms with Crippen LogP contribution in [0.2, 0.25) is 0 Å². The summed E-state index contributed by atoms with van der Waals surface area (Å²) in [4.78, 5) is 42.2. The topological polar surface area (TPSA) is 131 Å². The van der Waals surface area contributed by atoms with E-state index in [2.05, 4.69) is 10.3 Å². The number of hydrogen-bond acceptors (Lipinski definition) is 6. The van der Waals surface area contributed by atoms with Crippen molar-refractivity contribution in [2.45, 2.75) is 59.9 Å². The Morgan fingerprint density at radius 1 is 1.29 bits per heavy atom. The van der Waals surface area contributed by atoms with Crippen LogP contribution < -0.4 is 10.9 Å². The zero-order valence-electron chi connectivity index (χ0n) is 18.1. The molecule has 1 aliphatic heterocycles. The molecule has 1 aliphatic rings. The predicted octanol–water partition coefficient (Wildman–Crippen LogP) is 1.82. The highest BCUT2D eigenvalue weighted by Gasteiger charge is 2.35. The number of pyridine rings is 2. The van der Waals surface area contributed by atoms with Crippen LogP contribution in [-0.2, 0) is 35.7 Å². The molecule has 3 rings (SSSR count). The molecule has 0 radical (unpaired) electrons. The first-order chi connectivity index (χ1) is 14.5.